The van der Waals surface area contributed by atoms with Gasteiger partial charge in [0.15, 0.2) is 8.07 Å². The van der Waals surface area contributed by atoms with Crippen LogP contribution in [0, 0.1) is 0 Å². The van der Waals surface area contributed by atoms with Crippen molar-refractivity contribution in [3.8, 4) is 61.3 Å². The van der Waals surface area contributed by atoms with Crippen molar-refractivity contribution < 1.29 is 0 Å². The monoisotopic (exact) mass is 1000 g/mol. The Balaban J connectivity index is 0.869. The average Bonchev–Trinajstić information content (AvgIpc) is 4.24. The normalized spacial score (nSPS) is 12.7. The molecule has 14 aromatic carbocycles. The summed E-state index contributed by atoms with van der Waals surface area (Å²) in [6.45, 7) is 0. The summed E-state index contributed by atoms with van der Waals surface area (Å²) < 4.78 is 2.53. The Morgan fingerprint density at radius 1 is 0.218 bits per heavy atom. The first-order chi connectivity index (χ1) is 38.7. The van der Waals surface area contributed by atoms with Crippen LogP contribution in [0.3, 0.4) is 0 Å². The van der Waals surface area contributed by atoms with E-state index in [9.17, 15) is 0 Å². The van der Waals surface area contributed by atoms with Gasteiger partial charge in [-0.15, -0.1) is 0 Å². The van der Waals surface area contributed by atoms with Crippen LogP contribution in [0.5, 0.6) is 0 Å². The molecule has 16 rings (SSSR count). The van der Waals surface area contributed by atoms with Crippen LogP contribution in [-0.2, 0) is 0 Å². The molecule has 15 aromatic rings. The minimum absolute atomic E-state index is 1.17. The molecule has 0 radical (unpaired) electrons. The first-order valence-electron chi connectivity index (χ1n) is 27.1. The van der Waals surface area contributed by atoms with Crippen molar-refractivity contribution in [3.63, 3.8) is 0 Å². The summed E-state index contributed by atoms with van der Waals surface area (Å²) >= 11 is 0. The minimum Gasteiger partial charge on any atom is -0.309 e. The minimum atomic E-state index is -2.74. The van der Waals surface area contributed by atoms with Gasteiger partial charge in [-0.05, 0) is 168 Å². The van der Waals surface area contributed by atoms with E-state index in [4.69, 9.17) is 0 Å². The largest absolute Gasteiger partial charge is 0.309 e. The van der Waals surface area contributed by atoms with Gasteiger partial charge in [0.05, 0.1) is 11.0 Å². The van der Waals surface area contributed by atoms with Gasteiger partial charge in [0, 0.05) is 16.5 Å². The maximum atomic E-state index is 2.55. The van der Waals surface area contributed by atoms with Crippen LogP contribution < -0.4 is 20.7 Å². The van der Waals surface area contributed by atoms with Crippen molar-refractivity contribution in [3.05, 3.63) is 297 Å². The molecule has 0 fully saturated rings. The lowest BCUT2D eigenvalue weighted by Crippen LogP contribution is -2.72. The van der Waals surface area contributed by atoms with Crippen LogP contribution in [-0.4, -0.2) is 12.6 Å². The molecular weight excluding hydrogens is 955 g/mol. The van der Waals surface area contributed by atoms with Crippen molar-refractivity contribution in [2.24, 2.45) is 0 Å². The maximum absolute atomic E-state index is 2.74. The summed E-state index contributed by atoms with van der Waals surface area (Å²) in [7, 11) is -2.74. The Hall–Kier alpha value is -9.86. The molecule has 1 aromatic heterocycles. The SMILES string of the molecule is c1ccc([Si]2(c3ccccc3)c3ccccc3-c3ccc(-n4c5ccc(-c6ccc(-c7cc8ccccc8c8ccccc78)cc6)cc5c5cc(-c6ccc(-c7cc8ccccc8c8ccccc78)cc6)ccc54)cc32)cc1. The van der Waals surface area contributed by atoms with Gasteiger partial charge in [-0.3, -0.25) is 0 Å². The molecule has 1 aliphatic heterocycles. The highest BCUT2D eigenvalue weighted by atomic mass is 28.3. The van der Waals surface area contributed by atoms with Crippen molar-refractivity contribution in [1.82, 2.24) is 4.57 Å². The summed E-state index contributed by atoms with van der Waals surface area (Å²) in [4.78, 5) is 0. The predicted molar refractivity (Wildman–Crippen MR) is 335 cm³/mol. The molecule has 2 heterocycles. The summed E-state index contributed by atoms with van der Waals surface area (Å²) in [5.41, 5.74) is 15.9. The van der Waals surface area contributed by atoms with Crippen LogP contribution in [0.1, 0.15) is 0 Å². The molecule has 0 aliphatic carbocycles. The molecule has 78 heavy (non-hydrogen) atoms. The number of benzene rings is 14. The van der Waals surface area contributed by atoms with E-state index in [2.05, 4.69) is 302 Å². The highest BCUT2D eigenvalue weighted by Gasteiger charge is 2.48. The van der Waals surface area contributed by atoms with Crippen molar-refractivity contribution in [1.29, 1.82) is 0 Å². The second-order valence-electron chi connectivity index (χ2n) is 21.1. The van der Waals surface area contributed by atoms with Crippen LogP contribution >= 0.6 is 0 Å². The molecule has 1 nitrogen and oxygen atoms in total. The molecule has 0 amide bonds. The summed E-state index contributed by atoms with van der Waals surface area (Å²) in [6.07, 6.45) is 0. The van der Waals surface area contributed by atoms with Gasteiger partial charge in [0.1, 0.15) is 0 Å². The van der Waals surface area contributed by atoms with E-state index in [0.717, 1.165) is 0 Å². The third kappa shape index (κ3) is 6.73. The second-order valence-corrected chi connectivity index (χ2v) is 24.8. The predicted octanol–water partition coefficient (Wildman–Crippen LogP) is 17.4. The van der Waals surface area contributed by atoms with E-state index in [0.29, 0.717) is 0 Å². The number of rotatable bonds is 7. The van der Waals surface area contributed by atoms with Crippen LogP contribution in [0.15, 0.2) is 297 Å². The Morgan fingerprint density at radius 2 is 0.615 bits per heavy atom. The van der Waals surface area contributed by atoms with Gasteiger partial charge in [0.2, 0.25) is 0 Å². The fourth-order valence-corrected chi connectivity index (χ4v) is 18.7. The summed E-state index contributed by atoms with van der Waals surface area (Å²) in [5, 5.41) is 18.3. The lowest BCUT2D eigenvalue weighted by molar-refractivity contribution is 1.18. The zero-order valence-electron chi connectivity index (χ0n) is 42.7. The fourth-order valence-electron chi connectivity index (χ4n) is 13.5. The molecule has 0 spiro atoms. The molecule has 0 bridgehead atoms. The molecule has 0 saturated heterocycles. The molecule has 0 atom stereocenters. The smallest absolute Gasteiger partial charge is 0.180 e. The molecule has 1 aliphatic rings. The highest BCUT2D eigenvalue weighted by Crippen LogP contribution is 2.42. The quantitative estimate of drug-likeness (QED) is 0.111. The second kappa shape index (κ2) is 17.6. The van der Waals surface area contributed by atoms with Crippen LogP contribution in [0.4, 0.5) is 0 Å². The summed E-state index contributed by atoms with van der Waals surface area (Å²) in [6, 6.07) is 112. The zero-order valence-corrected chi connectivity index (χ0v) is 43.7. The third-order valence-electron chi connectivity index (χ3n) is 17.1. The fraction of sp³-hybridized carbons (Fsp3) is 0. The molecule has 0 saturated carbocycles. The van der Waals surface area contributed by atoms with Crippen LogP contribution in [0.25, 0.3) is 126 Å². The standard InChI is InChI=1S/C76H49NSi/c1-3-19-59(20-4-1)78(60-21-5-2-6-22-60)75-30-16-15-29-67(75)68-42-41-58(49-76(68)78)77-73-43-39-54(50-31-35-52(36-32-50)69-47-56-17-7-9-23-61(56)63-25-11-13-27-65(63)69)45-71(73)72-46-55(40-44-74(72)77)51-33-37-53(38-34-51)70-48-57-18-8-10-24-62(57)64-26-12-14-28-66(64)70/h1-49H. The van der Waals surface area contributed by atoms with Gasteiger partial charge in [-0.25, -0.2) is 0 Å². The third-order valence-corrected chi connectivity index (χ3v) is 21.9. The molecule has 0 unspecified atom stereocenters. The van der Waals surface area contributed by atoms with Crippen molar-refractivity contribution >= 4 is 93.7 Å². The van der Waals surface area contributed by atoms with Gasteiger partial charge in [-0.2, -0.15) is 0 Å². The topological polar surface area (TPSA) is 4.93 Å². The Kier molecular flexibility index (Phi) is 10.0. The van der Waals surface area contributed by atoms with Crippen LogP contribution in [0.2, 0.25) is 0 Å². The maximum Gasteiger partial charge on any atom is 0.180 e. The van der Waals surface area contributed by atoms with Crippen molar-refractivity contribution in [2.45, 2.75) is 0 Å². The van der Waals surface area contributed by atoms with Crippen molar-refractivity contribution in [2.75, 3.05) is 0 Å². The van der Waals surface area contributed by atoms with Gasteiger partial charge in [-0.1, -0.05) is 249 Å². The number of fused-ring (bicyclic) bond motifs is 12. The molecule has 2 heteroatoms. The van der Waals surface area contributed by atoms with Gasteiger partial charge < -0.3 is 4.57 Å². The first-order valence-corrected chi connectivity index (χ1v) is 29.1. The zero-order chi connectivity index (χ0) is 51.3. The van der Waals surface area contributed by atoms with E-state index < -0.39 is 8.07 Å². The lowest BCUT2D eigenvalue weighted by Gasteiger charge is -2.31. The Labute approximate surface area is 454 Å². The van der Waals surface area contributed by atoms with Gasteiger partial charge in [0.25, 0.3) is 0 Å². The molecule has 0 N–H and O–H groups in total. The van der Waals surface area contributed by atoms with E-state index >= 15 is 0 Å². The number of hydrogen-bond acceptors (Lipinski definition) is 0. The number of aromatic nitrogens is 1. The van der Waals surface area contributed by atoms with E-state index in [1.807, 2.05) is 0 Å². The molecular formula is C76H49NSi. The summed E-state index contributed by atoms with van der Waals surface area (Å²) in [5.74, 6) is 0. The van der Waals surface area contributed by atoms with E-state index in [1.165, 1.54) is 147 Å². The first kappa shape index (κ1) is 44.4. The van der Waals surface area contributed by atoms with Gasteiger partial charge >= 0.3 is 0 Å². The van der Waals surface area contributed by atoms with E-state index in [-0.39, 0.29) is 0 Å². The average molecular weight is 1000 g/mol. The number of nitrogens with zero attached hydrogens (tertiary/aromatic N) is 1. The lowest BCUT2D eigenvalue weighted by atomic mass is 9.92. The number of hydrogen-bond donors (Lipinski definition) is 0. The highest BCUT2D eigenvalue weighted by molar-refractivity contribution is 7.22. The Morgan fingerprint density at radius 3 is 1.13 bits per heavy atom. The Bertz CT molecular complexity index is 4620. The van der Waals surface area contributed by atoms with E-state index in [1.54, 1.807) is 0 Å². The molecule has 362 valence electrons.